The summed E-state index contributed by atoms with van der Waals surface area (Å²) in [6, 6.07) is 5.69. The van der Waals surface area contributed by atoms with Crippen LogP contribution in [0.1, 0.15) is 35.8 Å². The Labute approximate surface area is 117 Å². The number of methoxy groups -OCH3 is 1. The fraction of sp³-hybridized carbons (Fsp3) is 0.267. The van der Waals surface area contributed by atoms with E-state index in [1.54, 1.807) is 7.11 Å². The van der Waals surface area contributed by atoms with Crippen LogP contribution >= 0.6 is 0 Å². The molecule has 104 valence electrons. The Kier molecular flexibility index (Phi) is 3.98. The minimum atomic E-state index is -1.11. The number of carboxylic acids is 1. The molecule has 0 unspecified atom stereocenters. The van der Waals surface area contributed by atoms with E-state index in [4.69, 9.17) is 4.74 Å². The van der Waals surface area contributed by atoms with Crippen molar-refractivity contribution in [3.8, 4) is 17.0 Å². The van der Waals surface area contributed by atoms with Crippen LogP contribution < -0.4 is 4.74 Å². The van der Waals surface area contributed by atoms with Gasteiger partial charge in [-0.2, -0.15) is 0 Å². The first-order valence-electron chi connectivity index (χ1n) is 6.27. The predicted molar refractivity (Wildman–Crippen MR) is 75.1 cm³/mol. The van der Waals surface area contributed by atoms with E-state index in [0.717, 1.165) is 5.56 Å². The molecule has 20 heavy (non-hydrogen) atoms. The molecule has 0 saturated heterocycles. The zero-order valence-corrected chi connectivity index (χ0v) is 11.6. The van der Waals surface area contributed by atoms with E-state index in [-0.39, 0.29) is 5.69 Å². The zero-order chi connectivity index (χ0) is 14.7. The highest BCUT2D eigenvalue weighted by molar-refractivity contribution is 5.93. The molecule has 0 fully saturated rings. The molecule has 0 aliphatic heterocycles. The number of rotatable bonds is 4. The van der Waals surface area contributed by atoms with Crippen molar-refractivity contribution < 1.29 is 14.6 Å². The van der Waals surface area contributed by atoms with Crippen molar-refractivity contribution in [1.82, 2.24) is 9.97 Å². The van der Waals surface area contributed by atoms with Gasteiger partial charge in [0.25, 0.3) is 0 Å². The van der Waals surface area contributed by atoms with Gasteiger partial charge in [0.2, 0.25) is 0 Å². The Morgan fingerprint density at radius 1 is 1.25 bits per heavy atom. The van der Waals surface area contributed by atoms with Gasteiger partial charge < -0.3 is 9.84 Å². The van der Waals surface area contributed by atoms with Crippen molar-refractivity contribution in [1.29, 1.82) is 0 Å². The summed E-state index contributed by atoms with van der Waals surface area (Å²) in [6.45, 7) is 4.14. The second kappa shape index (κ2) is 5.69. The molecule has 0 saturated carbocycles. The first-order chi connectivity index (χ1) is 9.54. The Morgan fingerprint density at radius 2 is 1.95 bits per heavy atom. The van der Waals surface area contributed by atoms with Crippen molar-refractivity contribution >= 4 is 5.97 Å². The predicted octanol–water partition coefficient (Wildman–Crippen LogP) is 2.97. The number of ether oxygens (including phenoxy) is 1. The molecule has 1 aromatic carbocycles. The van der Waals surface area contributed by atoms with Gasteiger partial charge in [-0.3, -0.25) is 4.98 Å². The second-order valence-corrected chi connectivity index (χ2v) is 4.67. The Balaban J connectivity index is 2.67. The lowest BCUT2D eigenvalue weighted by atomic mass is 9.98. The van der Waals surface area contributed by atoms with Gasteiger partial charge >= 0.3 is 5.97 Å². The monoisotopic (exact) mass is 272 g/mol. The van der Waals surface area contributed by atoms with E-state index >= 15 is 0 Å². The number of benzene rings is 1. The van der Waals surface area contributed by atoms with Gasteiger partial charge in [-0.1, -0.05) is 19.9 Å². The third-order valence-electron chi connectivity index (χ3n) is 3.05. The van der Waals surface area contributed by atoms with Gasteiger partial charge in [-0.25, -0.2) is 9.78 Å². The molecule has 1 aromatic heterocycles. The number of nitrogens with zero attached hydrogens (tertiary/aromatic N) is 2. The minimum Gasteiger partial charge on any atom is -0.496 e. The van der Waals surface area contributed by atoms with Crippen LogP contribution in [0.25, 0.3) is 11.3 Å². The molecule has 5 nitrogen and oxygen atoms in total. The maximum atomic E-state index is 11.3. The van der Waals surface area contributed by atoms with E-state index in [2.05, 4.69) is 23.8 Å². The molecule has 5 heteroatoms. The van der Waals surface area contributed by atoms with Crippen LogP contribution in [0.15, 0.2) is 30.6 Å². The summed E-state index contributed by atoms with van der Waals surface area (Å²) >= 11 is 0. The van der Waals surface area contributed by atoms with Crippen LogP contribution in [0.2, 0.25) is 0 Å². The first kappa shape index (κ1) is 14.0. The lowest BCUT2D eigenvalue weighted by molar-refractivity contribution is 0.0691. The standard InChI is InChI=1S/C15H16N2O3/c1-9(2)10-4-5-12(20-3)11(8-10)13-14(15(18)19)17-7-6-16-13/h4-9H,1-3H3,(H,18,19). The summed E-state index contributed by atoms with van der Waals surface area (Å²) in [5.74, 6) is -0.202. The van der Waals surface area contributed by atoms with Crippen molar-refractivity contribution in [2.45, 2.75) is 19.8 Å². The number of aromatic carboxylic acids is 1. The number of hydrogen-bond donors (Lipinski definition) is 1. The molecule has 0 atom stereocenters. The lowest BCUT2D eigenvalue weighted by Crippen LogP contribution is -2.05. The van der Waals surface area contributed by atoms with Gasteiger partial charge in [0.15, 0.2) is 5.69 Å². The third-order valence-corrected chi connectivity index (χ3v) is 3.05. The molecule has 2 aromatic rings. The van der Waals surface area contributed by atoms with Gasteiger partial charge in [0.05, 0.1) is 7.11 Å². The average Bonchev–Trinajstić information content (AvgIpc) is 2.46. The van der Waals surface area contributed by atoms with Crippen molar-refractivity contribution in [2.75, 3.05) is 7.11 Å². The highest BCUT2D eigenvalue weighted by Gasteiger charge is 2.18. The molecule has 0 bridgehead atoms. The molecular formula is C15H16N2O3. The first-order valence-corrected chi connectivity index (χ1v) is 6.27. The molecule has 0 aliphatic rings. The molecule has 0 aliphatic carbocycles. The molecule has 1 heterocycles. The summed E-state index contributed by atoms with van der Waals surface area (Å²) in [5.41, 5.74) is 1.97. The average molecular weight is 272 g/mol. The summed E-state index contributed by atoms with van der Waals surface area (Å²) < 4.78 is 5.31. The third kappa shape index (κ3) is 2.61. The van der Waals surface area contributed by atoms with Gasteiger partial charge in [0.1, 0.15) is 11.4 Å². The van der Waals surface area contributed by atoms with Crippen LogP contribution in [-0.2, 0) is 0 Å². The summed E-state index contributed by atoms with van der Waals surface area (Å²) in [4.78, 5) is 19.3. The minimum absolute atomic E-state index is 0.0771. The summed E-state index contributed by atoms with van der Waals surface area (Å²) in [7, 11) is 1.55. The number of carbonyl (C=O) groups is 1. The molecular weight excluding hydrogens is 256 g/mol. The molecule has 1 N–H and O–H groups in total. The number of aromatic nitrogens is 2. The van der Waals surface area contributed by atoms with E-state index in [1.165, 1.54) is 12.4 Å². The number of hydrogen-bond acceptors (Lipinski definition) is 4. The second-order valence-electron chi connectivity index (χ2n) is 4.67. The van der Waals surface area contributed by atoms with Crippen LogP contribution in [-0.4, -0.2) is 28.2 Å². The van der Waals surface area contributed by atoms with Gasteiger partial charge in [-0.15, -0.1) is 0 Å². The van der Waals surface area contributed by atoms with Crippen molar-refractivity contribution in [2.24, 2.45) is 0 Å². The lowest BCUT2D eigenvalue weighted by Gasteiger charge is -2.13. The van der Waals surface area contributed by atoms with E-state index < -0.39 is 5.97 Å². The van der Waals surface area contributed by atoms with Crippen LogP contribution in [0.5, 0.6) is 5.75 Å². The highest BCUT2D eigenvalue weighted by atomic mass is 16.5. The molecule has 0 radical (unpaired) electrons. The van der Waals surface area contributed by atoms with Gasteiger partial charge in [0, 0.05) is 18.0 Å². The highest BCUT2D eigenvalue weighted by Crippen LogP contribution is 2.33. The fourth-order valence-corrected chi connectivity index (χ4v) is 1.96. The van der Waals surface area contributed by atoms with Crippen LogP contribution in [0, 0.1) is 0 Å². The summed E-state index contributed by atoms with van der Waals surface area (Å²) in [6.07, 6.45) is 2.84. The van der Waals surface area contributed by atoms with Crippen LogP contribution in [0.3, 0.4) is 0 Å². The molecule has 2 rings (SSSR count). The van der Waals surface area contributed by atoms with Gasteiger partial charge in [-0.05, 0) is 23.6 Å². The zero-order valence-electron chi connectivity index (χ0n) is 11.6. The largest absolute Gasteiger partial charge is 0.496 e. The quantitative estimate of drug-likeness (QED) is 0.926. The maximum absolute atomic E-state index is 11.3. The Hall–Kier alpha value is -2.43. The topological polar surface area (TPSA) is 72.3 Å². The Bertz CT molecular complexity index is 639. The summed E-state index contributed by atoms with van der Waals surface area (Å²) in [5, 5.41) is 9.23. The fourth-order valence-electron chi connectivity index (χ4n) is 1.96. The SMILES string of the molecule is COc1ccc(C(C)C)cc1-c1nccnc1C(=O)O. The van der Waals surface area contributed by atoms with E-state index in [9.17, 15) is 9.90 Å². The normalized spacial score (nSPS) is 10.6. The number of carboxylic acid groups (broad SMARTS) is 1. The molecule has 0 amide bonds. The van der Waals surface area contributed by atoms with Crippen molar-refractivity contribution in [3.63, 3.8) is 0 Å². The van der Waals surface area contributed by atoms with E-state index in [0.29, 0.717) is 22.9 Å². The smallest absolute Gasteiger partial charge is 0.356 e. The van der Waals surface area contributed by atoms with Crippen molar-refractivity contribution in [3.05, 3.63) is 41.9 Å². The molecule has 0 spiro atoms. The maximum Gasteiger partial charge on any atom is 0.356 e. The van der Waals surface area contributed by atoms with Crippen LogP contribution in [0.4, 0.5) is 0 Å². The Morgan fingerprint density at radius 3 is 2.55 bits per heavy atom. The van der Waals surface area contributed by atoms with E-state index in [1.807, 2.05) is 18.2 Å².